The van der Waals surface area contributed by atoms with Crippen LogP contribution in [0.3, 0.4) is 0 Å². The van der Waals surface area contributed by atoms with Crippen LogP contribution in [0.4, 0.5) is 4.39 Å². The maximum atomic E-state index is 13.8. The molecule has 0 aliphatic rings. The zero-order chi connectivity index (χ0) is 21.1. The Morgan fingerprint density at radius 3 is 2.37 bits per heavy atom. The quantitative estimate of drug-likeness (QED) is 0.275. The number of Topliss-reactive ketones (excluding diaryl/α,β-unsaturated/α-hetero) is 1. The van der Waals surface area contributed by atoms with Crippen molar-refractivity contribution >= 4 is 38.6 Å². The van der Waals surface area contributed by atoms with E-state index in [9.17, 15) is 14.0 Å². The summed E-state index contributed by atoms with van der Waals surface area (Å²) in [7, 11) is 0. The van der Waals surface area contributed by atoms with E-state index < -0.39 is 24.2 Å². The maximum absolute atomic E-state index is 13.8. The number of carbonyl (C=O) groups is 2. The minimum absolute atomic E-state index is 0.111. The Balaban J connectivity index is 1.65. The van der Waals surface area contributed by atoms with Crippen LogP contribution in [0.5, 0.6) is 0 Å². The molecule has 0 spiro atoms. The predicted molar refractivity (Wildman–Crippen MR) is 116 cm³/mol. The number of pyridine rings is 1. The average molecular weight is 464 g/mol. The lowest BCUT2D eigenvalue weighted by molar-refractivity contribution is 0.0475. The Labute approximate surface area is 180 Å². The Hall–Kier alpha value is -3.38. The Bertz CT molecular complexity index is 1260. The van der Waals surface area contributed by atoms with Crippen molar-refractivity contribution in [3.05, 3.63) is 100 Å². The molecule has 0 saturated carbocycles. The third-order valence-electron chi connectivity index (χ3n) is 4.58. The summed E-state index contributed by atoms with van der Waals surface area (Å²) in [6, 6.07) is 22.0. The molecule has 0 amide bonds. The van der Waals surface area contributed by atoms with Crippen LogP contribution in [0.2, 0.25) is 0 Å². The molecule has 6 heteroatoms. The van der Waals surface area contributed by atoms with Crippen LogP contribution in [0.25, 0.3) is 22.2 Å². The second kappa shape index (κ2) is 8.55. The van der Waals surface area contributed by atoms with Gasteiger partial charge in [0.05, 0.1) is 22.3 Å². The lowest BCUT2D eigenvalue weighted by Gasteiger charge is -2.10. The number of esters is 1. The van der Waals surface area contributed by atoms with E-state index in [4.69, 9.17) is 4.74 Å². The van der Waals surface area contributed by atoms with E-state index in [-0.39, 0.29) is 5.56 Å². The Kier molecular flexibility index (Phi) is 5.68. The molecule has 4 rings (SSSR count). The molecule has 0 aliphatic heterocycles. The van der Waals surface area contributed by atoms with Crippen molar-refractivity contribution in [3.63, 3.8) is 0 Å². The molecule has 4 aromatic rings. The highest BCUT2D eigenvalue weighted by Gasteiger charge is 2.18. The zero-order valence-corrected chi connectivity index (χ0v) is 17.2. The number of hydrogen-bond acceptors (Lipinski definition) is 4. The Morgan fingerprint density at radius 1 is 0.900 bits per heavy atom. The monoisotopic (exact) mass is 463 g/mol. The first-order valence-corrected chi connectivity index (χ1v) is 9.93. The zero-order valence-electron chi connectivity index (χ0n) is 15.6. The highest BCUT2D eigenvalue weighted by Crippen LogP contribution is 2.26. The van der Waals surface area contributed by atoms with Crippen LogP contribution in [0.15, 0.2) is 83.3 Å². The van der Waals surface area contributed by atoms with Crippen molar-refractivity contribution in [3.8, 4) is 11.3 Å². The number of para-hydroxylation sites is 1. The van der Waals surface area contributed by atoms with Crippen LogP contribution >= 0.6 is 15.9 Å². The molecule has 1 aromatic heterocycles. The van der Waals surface area contributed by atoms with Crippen LogP contribution < -0.4 is 0 Å². The van der Waals surface area contributed by atoms with Gasteiger partial charge in [0.25, 0.3) is 0 Å². The molecular weight excluding hydrogens is 449 g/mol. The van der Waals surface area contributed by atoms with Crippen molar-refractivity contribution in [2.24, 2.45) is 0 Å². The van der Waals surface area contributed by atoms with Gasteiger partial charge in [0.15, 0.2) is 6.61 Å². The van der Waals surface area contributed by atoms with Crippen molar-refractivity contribution in [1.29, 1.82) is 0 Å². The average Bonchev–Trinajstić information content (AvgIpc) is 2.77. The van der Waals surface area contributed by atoms with Crippen LogP contribution in [-0.4, -0.2) is 23.3 Å². The van der Waals surface area contributed by atoms with Gasteiger partial charge in [-0.05, 0) is 36.4 Å². The molecule has 0 atom stereocenters. The van der Waals surface area contributed by atoms with Gasteiger partial charge in [0, 0.05) is 15.4 Å². The molecule has 4 nitrogen and oxygen atoms in total. The van der Waals surface area contributed by atoms with Crippen LogP contribution in [0, 0.1) is 5.82 Å². The van der Waals surface area contributed by atoms with E-state index in [0.717, 1.165) is 10.0 Å². The summed E-state index contributed by atoms with van der Waals surface area (Å²) in [5.74, 6) is -1.92. The maximum Gasteiger partial charge on any atom is 0.339 e. The first-order valence-electron chi connectivity index (χ1n) is 9.13. The van der Waals surface area contributed by atoms with Crippen molar-refractivity contribution < 1.29 is 18.7 Å². The molecule has 0 radical (unpaired) electrons. The molecule has 0 N–H and O–H groups in total. The summed E-state index contributed by atoms with van der Waals surface area (Å²) in [5.41, 5.74) is 2.25. The van der Waals surface area contributed by atoms with E-state index in [1.165, 1.54) is 18.2 Å². The van der Waals surface area contributed by atoms with Crippen molar-refractivity contribution in [2.75, 3.05) is 6.61 Å². The summed E-state index contributed by atoms with van der Waals surface area (Å²) in [4.78, 5) is 29.7. The second-order valence-corrected chi connectivity index (χ2v) is 7.47. The van der Waals surface area contributed by atoms with Gasteiger partial charge >= 0.3 is 5.97 Å². The van der Waals surface area contributed by atoms with E-state index in [1.807, 2.05) is 30.3 Å². The van der Waals surface area contributed by atoms with Gasteiger partial charge in [0.2, 0.25) is 5.78 Å². The van der Waals surface area contributed by atoms with Crippen molar-refractivity contribution in [2.45, 2.75) is 0 Å². The SMILES string of the molecule is O=C(COC(=O)c1cc(-c2ccc(Br)cc2)nc2ccccc12)c1ccccc1F. The molecule has 0 saturated heterocycles. The summed E-state index contributed by atoms with van der Waals surface area (Å²) < 4.78 is 19.9. The molecule has 3 aromatic carbocycles. The smallest absolute Gasteiger partial charge is 0.339 e. The van der Waals surface area contributed by atoms with Gasteiger partial charge in [-0.1, -0.05) is 58.4 Å². The van der Waals surface area contributed by atoms with E-state index in [2.05, 4.69) is 20.9 Å². The summed E-state index contributed by atoms with van der Waals surface area (Å²) in [6.45, 7) is -0.552. The van der Waals surface area contributed by atoms with Gasteiger partial charge < -0.3 is 4.74 Å². The summed E-state index contributed by atoms with van der Waals surface area (Å²) in [6.07, 6.45) is 0. The number of nitrogens with zero attached hydrogens (tertiary/aromatic N) is 1. The van der Waals surface area contributed by atoms with Gasteiger partial charge in [0.1, 0.15) is 5.82 Å². The molecule has 148 valence electrons. The highest BCUT2D eigenvalue weighted by molar-refractivity contribution is 9.10. The molecule has 1 heterocycles. The van der Waals surface area contributed by atoms with E-state index in [1.54, 1.807) is 30.3 Å². The first kappa shape index (κ1) is 19.9. The van der Waals surface area contributed by atoms with Crippen molar-refractivity contribution in [1.82, 2.24) is 4.98 Å². The van der Waals surface area contributed by atoms with Crippen LogP contribution in [0.1, 0.15) is 20.7 Å². The fourth-order valence-electron chi connectivity index (χ4n) is 3.09. The number of ether oxygens (including phenoxy) is 1. The lowest BCUT2D eigenvalue weighted by Crippen LogP contribution is -2.16. The minimum Gasteiger partial charge on any atom is -0.454 e. The molecule has 30 heavy (non-hydrogen) atoms. The number of halogens is 2. The molecule has 0 fully saturated rings. The molecule has 0 aliphatic carbocycles. The highest BCUT2D eigenvalue weighted by atomic mass is 79.9. The summed E-state index contributed by atoms with van der Waals surface area (Å²) >= 11 is 3.40. The van der Waals surface area contributed by atoms with Gasteiger partial charge in [-0.25, -0.2) is 14.2 Å². The summed E-state index contributed by atoms with van der Waals surface area (Å²) in [5, 5.41) is 0.613. The number of fused-ring (bicyclic) bond motifs is 1. The number of benzene rings is 3. The fraction of sp³-hybridized carbons (Fsp3) is 0.0417. The van der Waals surface area contributed by atoms with Gasteiger partial charge in [-0.15, -0.1) is 0 Å². The first-order chi connectivity index (χ1) is 14.5. The third-order valence-corrected chi connectivity index (χ3v) is 5.11. The standard InChI is InChI=1S/C24H15BrFNO3/c25-16-11-9-15(10-12-16)22-13-19(17-5-2-4-8-21(17)27-22)24(29)30-14-23(28)18-6-1-3-7-20(18)26/h1-13H,14H2. The lowest BCUT2D eigenvalue weighted by atomic mass is 10.0. The molecule has 0 bridgehead atoms. The topological polar surface area (TPSA) is 56.3 Å². The fourth-order valence-corrected chi connectivity index (χ4v) is 3.35. The number of hydrogen-bond donors (Lipinski definition) is 0. The Morgan fingerprint density at radius 2 is 1.60 bits per heavy atom. The predicted octanol–water partition coefficient (Wildman–Crippen LogP) is 5.84. The number of rotatable bonds is 5. The van der Waals surface area contributed by atoms with Crippen LogP contribution in [-0.2, 0) is 4.74 Å². The van der Waals surface area contributed by atoms with E-state index in [0.29, 0.717) is 22.2 Å². The number of ketones is 1. The largest absolute Gasteiger partial charge is 0.454 e. The second-order valence-electron chi connectivity index (χ2n) is 6.56. The normalized spacial score (nSPS) is 10.7. The molecule has 0 unspecified atom stereocenters. The minimum atomic E-state index is -0.670. The number of carbonyl (C=O) groups excluding carboxylic acids is 2. The number of aromatic nitrogens is 1. The van der Waals surface area contributed by atoms with Gasteiger partial charge in [-0.3, -0.25) is 4.79 Å². The van der Waals surface area contributed by atoms with E-state index >= 15 is 0 Å². The molecular formula is C24H15BrFNO3. The third kappa shape index (κ3) is 4.14. The van der Waals surface area contributed by atoms with Gasteiger partial charge in [-0.2, -0.15) is 0 Å².